The number of phenols is 1. The molecule has 1 saturated carbocycles. The average molecular weight is 429 g/mol. The number of carbonyl (C=O) groups excluding carboxylic acids is 1. The van der Waals surface area contributed by atoms with Crippen LogP contribution in [0.15, 0.2) is 18.2 Å². The summed E-state index contributed by atoms with van der Waals surface area (Å²) in [5, 5.41) is 22.7. The molecule has 1 amide bonds. The molecule has 0 unspecified atom stereocenters. The average Bonchev–Trinajstić information content (AvgIpc) is 3.50. The zero-order chi connectivity index (χ0) is 22.0. The van der Waals surface area contributed by atoms with Gasteiger partial charge >= 0.3 is 6.09 Å². The van der Waals surface area contributed by atoms with Crippen LogP contribution < -0.4 is 0 Å². The molecule has 0 aromatic heterocycles. The van der Waals surface area contributed by atoms with Crippen LogP contribution in [0.1, 0.15) is 64.0 Å². The minimum absolute atomic E-state index is 0.0532. The number of carbonyl (C=O) groups is 1. The number of piperidine rings is 1. The van der Waals surface area contributed by atoms with Gasteiger partial charge in [0.25, 0.3) is 0 Å². The highest BCUT2D eigenvalue weighted by Crippen LogP contribution is 2.56. The standard InChI is InChI=1S/C25H36N2O4/c1-23(2,3)31-22(29)26-11-8-24-9-12-27(16-17-4-5-17)21(25(24,30)10-13-26)14-18-6-7-19(28)15-20(18)24/h6-7,15,17,21,28,30H,4-5,8-14,16H2,1-3H3/t21-,24+,25-/m1/s1. The van der Waals surface area contributed by atoms with E-state index in [-0.39, 0.29) is 17.9 Å². The number of benzene rings is 1. The summed E-state index contributed by atoms with van der Waals surface area (Å²) in [6, 6.07) is 5.73. The number of aromatic hydroxyl groups is 1. The third-order valence-corrected chi connectivity index (χ3v) is 8.08. The molecule has 2 bridgehead atoms. The van der Waals surface area contributed by atoms with Crippen LogP contribution in [0.2, 0.25) is 0 Å². The van der Waals surface area contributed by atoms with Gasteiger partial charge in [0.2, 0.25) is 0 Å². The highest BCUT2D eigenvalue weighted by atomic mass is 16.6. The van der Waals surface area contributed by atoms with E-state index < -0.39 is 16.6 Å². The maximum Gasteiger partial charge on any atom is 0.410 e. The Morgan fingerprint density at radius 3 is 2.58 bits per heavy atom. The Hall–Kier alpha value is -1.79. The van der Waals surface area contributed by atoms with E-state index in [9.17, 15) is 15.0 Å². The van der Waals surface area contributed by atoms with Gasteiger partial charge < -0.3 is 19.8 Å². The van der Waals surface area contributed by atoms with Crippen molar-refractivity contribution in [2.45, 2.75) is 82.0 Å². The topological polar surface area (TPSA) is 73.2 Å². The van der Waals surface area contributed by atoms with E-state index >= 15 is 0 Å². The molecule has 0 radical (unpaired) electrons. The summed E-state index contributed by atoms with van der Waals surface area (Å²) < 4.78 is 5.65. The van der Waals surface area contributed by atoms with Gasteiger partial charge in [-0.3, -0.25) is 4.90 Å². The van der Waals surface area contributed by atoms with Crippen LogP contribution in [-0.4, -0.2) is 69.5 Å². The van der Waals surface area contributed by atoms with E-state index in [4.69, 9.17) is 4.74 Å². The fourth-order valence-corrected chi connectivity index (χ4v) is 6.37. The number of amides is 1. The molecule has 4 aliphatic rings. The minimum Gasteiger partial charge on any atom is -0.508 e. The van der Waals surface area contributed by atoms with Crippen molar-refractivity contribution in [3.8, 4) is 5.75 Å². The molecule has 1 aromatic rings. The molecule has 0 spiro atoms. The lowest BCUT2D eigenvalue weighted by molar-refractivity contribution is -0.149. The molecule has 170 valence electrons. The summed E-state index contributed by atoms with van der Waals surface area (Å²) in [6.07, 6.45) is 5.16. The van der Waals surface area contributed by atoms with E-state index in [1.165, 1.54) is 18.4 Å². The van der Waals surface area contributed by atoms with Gasteiger partial charge in [0.05, 0.1) is 5.60 Å². The molecule has 31 heavy (non-hydrogen) atoms. The molecule has 1 aromatic carbocycles. The van der Waals surface area contributed by atoms with Gasteiger partial charge in [-0.2, -0.15) is 0 Å². The molecule has 5 rings (SSSR count). The first-order valence-electron chi connectivity index (χ1n) is 11.9. The lowest BCUT2D eigenvalue weighted by atomic mass is 9.52. The first-order chi connectivity index (χ1) is 14.6. The normalized spacial score (nSPS) is 33.3. The Morgan fingerprint density at radius 1 is 1.16 bits per heavy atom. The number of rotatable bonds is 2. The SMILES string of the molecule is CC(C)(C)OC(=O)N1CC[C@]23CCN(CC4CC4)[C@H](Cc4ccc(O)cc42)[C@]3(O)CC1. The minimum atomic E-state index is -0.919. The summed E-state index contributed by atoms with van der Waals surface area (Å²) in [7, 11) is 0. The van der Waals surface area contributed by atoms with Crippen molar-refractivity contribution in [3.05, 3.63) is 29.3 Å². The van der Waals surface area contributed by atoms with E-state index in [0.717, 1.165) is 37.4 Å². The predicted octanol–water partition coefficient (Wildman–Crippen LogP) is 3.43. The maximum absolute atomic E-state index is 12.9. The highest BCUT2D eigenvalue weighted by Gasteiger charge is 2.63. The van der Waals surface area contributed by atoms with E-state index in [1.54, 1.807) is 11.0 Å². The zero-order valence-corrected chi connectivity index (χ0v) is 19.1. The fourth-order valence-electron chi connectivity index (χ4n) is 6.37. The van der Waals surface area contributed by atoms with E-state index in [0.29, 0.717) is 25.9 Å². The third-order valence-electron chi connectivity index (χ3n) is 8.08. The number of fused-ring (bicyclic) bond motifs is 1. The Labute approximate surface area is 185 Å². The Balaban J connectivity index is 1.52. The maximum atomic E-state index is 12.9. The van der Waals surface area contributed by atoms with Crippen LogP contribution in [0.4, 0.5) is 4.79 Å². The second-order valence-corrected chi connectivity index (χ2v) is 11.2. The van der Waals surface area contributed by atoms with Gasteiger partial charge in [0.15, 0.2) is 0 Å². The number of aliphatic hydroxyl groups is 1. The number of likely N-dealkylation sites (tertiary alicyclic amines) is 2. The molecule has 6 heteroatoms. The van der Waals surface area contributed by atoms with Gasteiger partial charge in [-0.15, -0.1) is 0 Å². The first-order valence-corrected chi connectivity index (χ1v) is 11.9. The summed E-state index contributed by atoms with van der Waals surface area (Å²) in [6.45, 7) is 8.73. The highest BCUT2D eigenvalue weighted by molar-refractivity contribution is 5.68. The molecule has 2 aliphatic heterocycles. The molecule has 6 nitrogen and oxygen atoms in total. The van der Waals surface area contributed by atoms with Crippen molar-refractivity contribution < 1.29 is 19.7 Å². The molecule has 3 fully saturated rings. The number of hydrogen-bond acceptors (Lipinski definition) is 5. The lowest BCUT2D eigenvalue weighted by Crippen LogP contribution is -2.71. The molecule has 3 atom stereocenters. The quantitative estimate of drug-likeness (QED) is 0.755. The number of phenolic OH excluding ortho intramolecular Hbond substituents is 1. The molecular weight excluding hydrogens is 392 g/mol. The smallest absolute Gasteiger partial charge is 0.410 e. The van der Waals surface area contributed by atoms with Gasteiger partial charge in [-0.25, -0.2) is 4.79 Å². The second-order valence-electron chi connectivity index (χ2n) is 11.2. The Morgan fingerprint density at radius 2 is 1.87 bits per heavy atom. The summed E-state index contributed by atoms with van der Waals surface area (Å²) in [5.74, 6) is 1.02. The van der Waals surface area contributed by atoms with Gasteiger partial charge in [-0.1, -0.05) is 6.07 Å². The van der Waals surface area contributed by atoms with Crippen molar-refractivity contribution >= 4 is 6.09 Å². The Kier molecular flexibility index (Phi) is 4.83. The third kappa shape index (κ3) is 3.52. The zero-order valence-electron chi connectivity index (χ0n) is 19.1. The molecule has 2 saturated heterocycles. The molecule has 2 heterocycles. The number of ether oxygens (including phenoxy) is 1. The molecular formula is C25H36N2O4. The second kappa shape index (κ2) is 7.11. The summed E-state index contributed by atoms with van der Waals surface area (Å²) in [4.78, 5) is 17.2. The molecule has 2 aliphatic carbocycles. The van der Waals surface area contributed by atoms with Gasteiger partial charge in [0, 0.05) is 31.1 Å². The van der Waals surface area contributed by atoms with Crippen LogP contribution in [-0.2, 0) is 16.6 Å². The van der Waals surface area contributed by atoms with Crippen LogP contribution in [0, 0.1) is 5.92 Å². The van der Waals surface area contributed by atoms with E-state index in [2.05, 4.69) is 4.90 Å². The van der Waals surface area contributed by atoms with Crippen molar-refractivity contribution in [1.82, 2.24) is 9.80 Å². The number of nitrogens with zero attached hydrogens (tertiary/aromatic N) is 2. The van der Waals surface area contributed by atoms with Gasteiger partial charge in [0.1, 0.15) is 11.4 Å². The van der Waals surface area contributed by atoms with Crippen molar-refractivity contribution in [2.75, 3.05) is 26.2 Å². The molecule has 2 N–H and O–H groups in total. The first kappa shape index (κ1) is 21.1. The van der Waals surface area contributed by atoms with Crippen LogP contribution in [0.5, 0.6) is 5.75 Å². The van der Waals surface area contributed by atoms with Crippen molar-refractivity contribution in [3.63, 3.8) is 0 Å². The monoisotopic (exact) mass is 428 g/mol. The summed E-state index contributed by atoms with van der Waals surface area (Å²) in [5.41, 5.74) is 0.418. The summed E-state index contributed by atoms with van der Waals surface area (Å²) >= 11 is 0. The predicted molar refractivity (Wildman–Crippen MR) is 118 cm³/mol. The van der Waals surface area contributed by atoms with E-state index in [1.807, 2.05) is 32.9 Å². The lowest BCUT2D eigenvalue weighted by Gasteiger charge is -2.61. The van der Waals surface area contributed by atoms with Crippen LogP contribution in [0.3, 0.4) is 0 Å². The van der Waals surface area contributed by atoms with Crippen molar-refractivity contribution in [2.24, 2.45) is 5.92 Å². The van der Waals surface area contributed by atoms with Gasteiger partial charge in [-0.05, 0) is 95.0 Å². The fraction of sp³-hybridized carbons (Fsp3) is 0.720. The van der Waals surface area contributed by atoms with Crippen LogP contribution in [0.25, 0.3) is 0 Å². The van der Waals surface area contributed by atoms with Crippen molar-refractivity contribution in [1.29, 1.82) is 0 Å². The number of hydrogen-bond donors (Lipinski definition) is 2. The Bertz CT molecular complexity index is 877. The van der Waals surface area contributed by atoms with Crippen LogP contribution >= 0.6 is 0 Å². The largest absolute Gasteiger partial charge is 0.508 e.